The van der Waals surface area contributed by atoms with Gasteiger partial charge in [0.05, 0.1) is 19.8 Å². The first-order valence-electron chi connectivity index (χ1n) is 11.0. The highest BCUT2D eigenvalue weighted by Gasteiger charge is 2.30. The lowest BCUT2D eigenvalue weighted by atomic mass is 10.1. The molecular weight excluding hydrogens is 583 g/mol. The number of nitrogens with one attached hydrogen (secondary N) is 1. The zero-order chi connectivity index (χ0) is 25.7. The zero-order valence-electron chi connectivity index (χ0n) is 19.3. The van der Waals surface area contributed by atoms with E-state index in [1.54, 1.807) is 30.5 Å². The van der Waals surface area contributed by atoms with E-state index in [0.29, 0.717) is 27.4 Å². The molecular formula is C26H23Cl5FN3O2. The maximum Gasteiger partial charge on any atom is 0.243 e. The second kappa shape index (κ2) is 13.6. The van der Waals surface area contributed by atoms with Gasteiger partial charge in [-0.25, -0.2) is 4.39 Å². The molecule has 0 saturated carbocycles. The molecule has 196 valence electrons. The molecule has 1 N–H and O–H groups in total. The van der Waals surface area contributed by atoms with Crippen LogP contribution >= 0.6 is 58.8 Å². The lowest BCUT2D eigenvalue weighted by Gasteiger charge is -2.31. The van der Waals surface area contributed by atoms with Crippen molar-refractivity contribution >= 4 is 70.4 Å². The molecule has 2 unspecified atom stereocenters. The Bertz CT molecular complexity index is 1230. The maximum absolute atomic E-state index is 13.1. The van der Waals surface area contributed by atoms with Gasteiger partial charge in [-0.3, -0.25) is 4.79 Å². The fraction of sp³-hybridized carbons (Fsp3) is 0.192. The molecule has 0 spiro atoms. The van der Waals surface area contributed by atoms with Gasteiger partial charge in [0.15, 0.2) is 0 Å². The van der Waals surface area contributed by atoms with Gasteiger partial charge in [0, 0.05) is 33.2 Å². The number of carbonyl (C=O) groups is 1. The number of nitrogens with zero attached hydrogens (tertiary/aromatic N) is 2. The summed E-state index contributed by atoms with van der Waals surface area (Å²) in [7, 11) is 0. The fourth-order valence-electron chi connectivity index (χ4n) is 3.64. The van der Waals surface area contributed by atoms with Crippen LogP contribution in [0.1, 0.15) is 17.2 Å². The summed E-state index contributed by atoms with van der Waals surface area (Å²) in [5, 5.41) is 4.39. The summed E-state index contributed by atoms with van der Waals surface area (Å²) in [6.45, 7) is 0.689. The summed E-state index contributed by atoms with van der Waals surface area (Å²) in [5.74, 6) is -0.600. The number of halogens is 6. The molecule has 0 aliphatic carbocycles. The van der Waals surface area contributed by atoms with Crippen LogP contribution in [0.4, 0.5) is 10.1 Å². The molecule has 0 bridgehead atoms. The van der Waals surface area contributed by atoms with Crippen LogP contribution < -0.4 is 5.32 Å². The molecule has 1 heterocycles. The van der Waals surface area contributed by atoms with E-state index in [-0.39, 0.29) is 37.3 Å². The summed E-state index contributed by atoms with van der Waals surface area (Å²) in [6, 6.07) is 18.1. The monoisotopic (exact) mass is 603 g/mol. The normalized spacial score (nSPS) is 14.3. The molecule has 11 heteroatoms. The Morgan fingerprint density at radius 1 is 0.973 bits per heavy atom. The van der Waals surface area contributed by atoms with Crippen LogP contribution in [0.2, 0.25) is 15.1 Å². The number of carbonyl (C=O) groups excluding carboxylic acids is 1. The summed E-state index contributed by atoms with van der Waals surface area (Å²) in [6.07, 6.45) is 3.06. The Kier molecular flexibility index (Phi) is 10.8. The standard InChI is InChI=1S/C26H22Cl4FN3O2.ClH/c27-19-4-1-17(2-5-19)25(36-15-18-3-6-20(28)13-23(18)29)26(30)34-12-11-33(16-34)14-24(35)32-22-9-7-21(31)8-10-22;/h1-13,25-26H,14-16H2,(H,32,35);1H. The van der Waals surface area contributed by atoms with Gasteiger partial charge in [-0.1, -0.05) is 64.6 Å². The SMILES string of the molecule is Cl.O=C(CN1C=CN(C(Cl)C(OCc2ccc(Cl)cc2Cl)c2ccc(Cl)cc2)C1)Nc1ccc(F)cc1. The third-order valence-corrected chi connectivity index (χ3v) is 6.81. The van der Waals surface area contributed by atoms with Crippen LogP contribution in [0, 0.1) is 5.82 Å². The van der Waals surface area contributed by atoms with Gasteiger partial charge in [0.2, 0.25) is 5.91 Å². The van der Waals surface area contributed by atoms with E-state index in [1.165, 1.54) is 24.3 Å². The molecule has 1 amide bonds. The minimum absolute atomic E-state index is 0. The molecule has 3 aromatic carbocycles. The maximum atomic E-state index is 13.1. The van der Waals surface area contributed by atoms with E-state index < -0.39 is 11.6 Å². The lowest BCUT2D eigenvalue weighted by molar-refractivity contribution is -0.117. The number of alkyl halides is 1. The van der Waals surface area contributed by atoms with Gasteiger partial charge >= 0.3 is 0 Å². The minimum Gasteiger partial charge on any atom is -0.365 e. The number of hydrogen-bond acceptors (Lipinski definition) is 4. The molecule has 37 heavy (non-hydrogen) atoms. The highest BCUT2D eigenvalue weighted by Crippen LogP contribution is 2.32. The molecule has 0 aromatic heterocycles. The van der Waals surface area contributed by atoms with Crippen molar-refractivity contribution in [1.29, 1.82) is 0 Å². The third kappa shape index (κ3) is 8.14. The molecule has 2 atom stereocenters. The fourth-order valence-corrected chi connectivity index (χ4v) is 4.58. The summed E-state index contributed by atoms with van der Waals surface area (Å²) in [5.41, 5.74) is 1.54. The van der Waals surface area contributed by atoms with Gasteiger partial charge in [0.1, 0.15) is 17.4 Å². The predicted molar refractivity (Wildman–Crippen MR) is 150 cm³/mol. The van der Waals surface area contributed by atoms with Crippen molar-refractivity contribution in [3.63, 3.8) is 0 Å². The summed E-state index contributed by atoms with van der Waals surface area (Å²) < 4.78 is 19.3. The van der Waals surface area contributed by atoms with Crippen molar-refractivity contribution in [2.24, 2.45) is 0 Å². The quantitative estimate of drug-likeness (QED) is 0.200. The Labute approximate surface area is 241 Å². The van der Waals surface area contributed by atoms with Gasteiger partial charge < -0.3 is 19.9 Å². The lowest BCUT2D eigenvalue weighted by Crippen LogP contribution is -2.38. The first kappa shape index (κ1) is 29.4. The van der Waals surface area contributed by atoms with Crippen molar-refractivity contribution < 1.29 is 13.9 Å². The Balaban J connectivity index is 0.00000380. The second-order valence-corrected chi connectivity index (χ2v) is 9.87. The van der Waals surface area contributed by atoms with E-state index in [4.69, 9.17) is 51.1 Å². The first-order chi connectivity index (χ1) is 17.3. The zero-order valence-corrected chi connectivity index (χ0v) is 23.1. The third-order valence-electron chi connectivity index (χ3n) is 5.49. The molecule has 1 aliphatic rings. The molecule has 0 fully saturated rings. The highest BCUT2D eigenvalue weighted by molar-refractivity contribution is 6.35. The van der Waals surface area contributed by atoms with Crippen LogP contribution in [0.15, 0.2) is 79.1 Å². The minimum atomic E-state index is -0.598. The number of benzene rings is 3. The molecule has 3 aromatic rings. The summed E-state index contributed by atoms with van der Waals surface area (Å²) in [4.78, 5) is 16.1. The van der Waals surface area contributed by atoms with Crippen LogP contribution in [-0.2, 0) is 16.1 Å². The Morgan fingerprint density at radius 3 is 2.32 bits per heavy atom. The average molecular weight is 606 g/mol. The van der Waals surface area contributed by atoms with Crippen LogP contribution in [0.3, 0.4) is 0 Å². The predicted octanol–water partition coefficient (Wildman–Crippen LogP) is 7.72. The van der Waals surface area contributed by atoms with Crippen molar-refractivity contribution in [3.05, 3.63) is 111 Å². The molecule has 4 rings (SSSR count). The van der Waals surface area contributed by atoms with Gasteiger partial charge in [-0.05, 0) is 59.7 Å². The Morgan fingerprint density at radius 2 is 1.65 bits per heavy atom. The second-order valence-electron chi connectivity index (χ2n) is 8.15. The molecule has 1 aliphatic heterocycles. The smallest absolute Gasteiger partial charge is 0.243 e. The van der Waals surface area contributed by atoms with E-state index in [2.05, 4.69) is 5.32 Å². The first-order valence-corrected chi connectivity index (χ1v) is 12.5. The van der Waals surface area contributed by atoms with E-state index in [9.17, 15) is 9.18 Å². The summed E-state index contributed by atoms with van der Waals surface area (Å²) >= 11 is 25.3. The number of amides is 1. The highest BCUT2D eigenvalue weighted by atomic mass is 35.5. The van der Waals surface area contributed by atoms with Crippen LogP contribution in [-0.4, -0.2) is 34.4 Å². The van der Waals surface area contributed by atoms with Crippen LogP contribution in [0.25, 0.3) is 0 Å². The van der Waals surface area contributed by atoms with Crippen molar-refractivity contribution in [1.82, 2.24) is 9.80 Å². The number of anilines is 1. The van der Waals surface area contributed by atoms with Crippen molar-refractivity contribution in [2.45, 2.75) is 18.2 Å². The van der Waals surface area contributed by atoms with Gasteiger partial charge in [-0.2, -0.15) is 0 Å². The van der Waals surface area contributed by atoms with Crippen molar-refractivity contribution in [3.8, 4) is 0 Å². The molecule has 5 nitrogen and oxygen atoms in total. The van der Waals surface area contributed by atoms with Gasteiger partial charge in [0.25, 0.3) is 0 Å². The average Bonchev–Trinajstić information content (AvgIpc) is 3.31. The number of rotatable bonds is 9. The largest absolute Gasteiger partial charge is 0.365 e. The number of hydrogen-bond donors (Lipinski definition) is 1. The molecule has 0 radical (unpaired) electrons. The molecule has 0 saturated heterocycles. The van der Waals surface area contributed by atoms with Crippen LogP contribution in [0.5, 0.6) is 0 Å². The van der Waals surface area contributed by atoms with E-state index in [1.807, 2.05) is 34.2 Å². The van der Waals surface area contributed by atoms with E-state index >= 15 is 0 Å². The number of ether oxygens (including phenoxy) is 1. The van der Waals surface area contributed by atoms with Crippen molar-refractivity contribution in [2.75, 3.05) is 18.5 Å². The van der Waals surface area contributed by atoms with Gasteiger partial charge in [-0.15, -0.1) is 12.4 Å². The van der Waals surface area contributed by atoms with E-state index in [0.717, 1.165) is 11.1 Å². The topological polar surface area (TPSA) is 44.8 Å². The Hall–Kier alpha value is -2.19.